The average molecular weight is 346 g/mol. The van der Waals surface area contributed by atoms with Crippen molar-refractivity contribution in [2.45, 2.75) is 44.6 Å². The molecule has 0 amide bonds. The fraction of sp³-hybridized carbons (Fsp3) is 0.650. The van der Waals surface area contributed by atoms with Gasteiger partial charge in [0.25, 0.3) is 0 Å². The van der Waals surface area contributed by atoms with E-state index < -0.39 is 0 Å². The molecule has 1 aliphatic carbocycles. The van der Waals surface area contributed by atoms with Crippen LogP contribution in [-0.2, 0) is 9.53 Å². The summed E-state index contributed by atoms with van der Waals surface area (Å²) in [5.74, 6) is 0.895. The Labute approximate surface area is 150 Å². The minimum atomic E-state index is -0.0286. The Kier molecular flexibility index (Phi) is 6.56. The third-order valence-electron chi connectivity index (χ3n) is 5.28. The van der Waals surface area contributed by atoms with Gasteiger partial charge in [-0.2, -0.15) is 0 Å². The van der Waals surface area contributed by atoms with Crippen LogP contribution in [0.15, 0.2) is 24.3 Å². The number of rotatable bonds is 6. The van der Waals surface area contributed by atoms with E-state index in [9.17, 15) is 4.79 Å². The highest BCUT2D eigenvalue weighted by atomic mass is 16.5. The SMILES string of the molecule is COc1ccccc1N1CCN(CCC(=O)OC2CCCCC2)CC1. The molecule has 0 unspecified atom stereocenters. The number of hydrogen-bond donors (Lipinski definition) is 0. The van der Waals surface area contributed by atoms with Crippen molar-refractivity contribution in [1.29, 1.82) is 0 Å². The Morgan fingerprint density at radius 2 is 1.80 bits per heavy atom. The van der Waals surface area contributed by atoms with Crippen LogP contribution in [0.1, 0.15) is 38.5 Å². The molecule has 5 heteroatoms. The van der Waals surface area contributed by atoms with Crippen molar-refractivity contribution in [1.82, 2.24) is 4.90 Å². The molecule has 1 heterocycles. The second kappa shape index (κ2) is 9.09. The zero-order valence-electron chi connectivity index (χ0n) is 15.3. The predicted octanol–water partition coefficient (Wildman–Crippen LogP) is 3.08. The van der Waals surface area contributed by atoms with Gasteiger partial charge < -0.3 is 14.4 Å². The van der Waals surface area contributed by atoms with Crippen LogP contribution in [0.3, 0.4) is 0 Å². The van der Waals surface area contributed by atoms with E-state index in [2.05, 4.69) is 15.9 Å². The molecule has 5 nitrogen and oxygen atoms in total. The lowest BCUT2D eigenvalue weighted by atomic mass is 9.98. The molecule has 0 atom stereocenters. The van der Waals surface area contributed by atoms with Crippen molar-refractivity contribution in [3.63, 3.8) is 0 Å². The molecule has 1 aromatic carbocycles. The molecule has 138 valence electrons. The highest BCUT2D eigenvalue weighted by Crippen LogP contribution is 2.28. The monoisotopic (exact) mass is 346 g/mol. The van der Waals surface area contributed by atoms with Crippen molar-refractivity contribution in [2.24, 2.45) is 0 Å². The highest BCUT2D eigenvalue weighted by molar-refractivity contribution is 5.69. The number of carbonyl (C=O) groups is 1. The average Bonchev–Trinajstić information content (AvgIpc) is 2.67. The summed E-state index contributed by atoms with van der Waals surface area (Å²) in [6.07, 6.45) is 6.44. The fourth-order valence-corrected chi connectivity index (χ4v) is 3.78. The van der Waals surface area contributed by atoms with Crippen molar-refractivity contribution < 1.29 is 14.3 Å². The quantitative estimate of drug-likeness (QED) is 0.741. The van der Waals surface area contributed by atoms with Crippen LogP contribution in [0.25, 0.3) is 0 Å². The van der Waals surface area contributed by atoms with Crippen LogP contribution in [-0.4, -0.2) is 56.8 Å². The summed E-state index contributed by atoms with van der Waals surface area (Å²) in [7, 11) is 1.72. The predicted molar refractivity (Wildman–Crippen MR) is 99.2 cm³/mol. The van der Waals surface area contributed by atoms with Crippen molar-refractivity contribution >= 4 is 11.7 Å². The Morgan fingerprint density at radius 1 is 1.08 bits per heavy atom. The van der Waals surface area contributed by atoms with Crippen molar-refractivity contribution in [2.75, 3.05) is 44.7 Å². The third kappa shape index (κ3) is 5.11. The van der Waals surface area contributed by atoms with Gasteiger partial charge in [0, 0.05) is 32.7 Å². The van der Waals surface area contributed by atoms with Gasteiger partial charge in [0.15, 0.2) is 0 Å². The number of esters is 1. The summed E-state index contributed by atoms with van der Waals surface area (Å²) in [5.41, 5.74) is 1.15. The molecule has 0 radical (unpaired) electrons. The Morgan fingerprint density at radius 3 is 2.52 bits per heavy atom. The number of anilines is 1. The van der Waals surface area contributed by atoms with Crippen LogP contribution in [0.4, 0.5) is 5.69 Å². The minimum Gasteiger partial charge on any atom is -0.495 e. The summed E-state index contributed by atoms with van der Waals surface area (Å²) in [6.45, 7) is 4.64. The fourth-order valence-electron chi connectivity index (χ4n) is 3.78. The number of ether oxygens (including phenoxy) is 2. The molecule has 0 N–H and O–H groups in total. The van der Waals surface area contributed by atoms with Crippen molar-refractivity contribution in [3.8, 4) is 5.75 Å². The first-order valence-corrected chi connectivity index (χ1v) is 9.56. The number of carbonyl (C=O) groups excluding carboxylic acids is 1. The van der Waals surface area contributed by atoms with Gasteiger partial charge in [0.1, 0.15) is 11.9 Å². The second-order valence-corrected chi connectivity index (χ2v) is 7.00. The summed E-state index contributed by atoms with van der Waals surface area (Å²) in [4.78, 5) is 16.8. The number of hydrogen-bond acceptors (Lipinski definition) is 5. The first kappa shape index (κ1) is 18.1. The lowest BCUT2D eigenvalue weighted by Crippen LogP contribution is -2.47. The maximum absolute atomic E-state index is 12.0. The normalized spacial score (nSPS) is 19.6. The van der Waals surface area contributed by atoms with E-state index in [0.29, 0.717) is 6.42 Å². The summed E-state index contributed by atoms with van der Waals surface area (Å²) >= 11 is 0. The molecule has 3 rings (SSSR count). The van der Waals surface area contributed by atoms with Gasteiger partial charge in [-0.1, -0.05) is 18.6 Å². The van der Waals surface area contributed by atoms with E-state index in [0.717, 1.165) is 57.0 Å². The number of benzene rings is 1. The molecular formula is C20H30N2O3. The Bertz CT molecular complexity index is 550. The first-order chi connectivity index (χ1) is 12.3. The highest BCUT2D eigenvalue weighted by Gasteiger charge is 2.21. The van der Waals surface area contributed by atoms with Gasteiger partial charge in [-0.15, -0.1) is 0 Å². The molecule has 1 aliphatic heterocycles. The molecule has 1 saturated heterocycles. The summed E-state index contributed by atoms with van der Waals surface area (Å²) in [5, 5.41) is 0. The molecule has 2 aliphatic rings. The molecule has 25 heavy (non-hydrogen) atoms. The summed E-state index contributed by atoms with van der Waals surface area (Å²) in [6, 6.07) is 8.15. The van der Waals surface area contributed by atoms with Gasteiger partial charge >= 0.3 is 5.97 Å². The molecular weight excluding hydrogens is 316 g/mol. The van der Waals surface area contributed by atoms with Gasteiger partial charge in [0.2, 0.25) is 0 Å². The number of piperazine rings is 1. The lowest BCUT2D eigenvalue weighted by molar-refractivity contribution is -0.150. The van der Waals surface area contributed by atoms with Crippen LogP contribution in [0.5, 0.6) is 5.75 Å². The zero-order valence-corrected chi connectivity index (χ0v) is 15.3. The lowest BCUT2D eigenvalue weighted by Gasteiger charge is -2.36. The molecule has 1 aromatic rings. The van der Waals surface area contributed by atoms with Crippen LogP contribution < -0.4 is 9.64 Å². The first-order valence-electron chi connectivity index (χ1n) is 9.56. The molecule has 0 bridgehead atoms. The molecule has 0 aromatic heterocycles. The van der Waals surface area contributed by atoms with E-state index in [-0.39, 0.29) is 12.1 Å². The van der Waals surface area contributed by atoms with Gasteiger partial charge in [0.05, 0.1) is 19.2 Å². The van der Waals surface area contributed by atoms with E-state index in [1.54, 1.807) is 7.11 Å². The molecule has 1 saturated carbocycles. The van der Waals surface area contributed by atoms with E-state index in [1.807, 2.05) is 18.2 Å². The second-order valence-electron chi connectivity index (χ2n) is 7.00. The Hall–Kier alpha value is -1.75. The third-order valence-corrected chi connectivity index (χ3v) is 5.28. The standard InChI is InChI=1S/C20H30N2O3/c1-24-19-10-6-5-9-18(19)22-15-13-21(14-16-22)12-11-20(23)25-17-7-3-2-4-8-17/h5-6,9-10,17H,2-4,7-8,11-16H2,1H3. The molecule has 2 fully saturated rings. The van der Waals surface area contributed by atoms with Crippen LogP contribution >= 0.6 is 0 Å². The zero-order chi connectivity index (χ0) is 17.5. The number of para-hydroxylation sites is 2. The van der Waals surface area contributed by atoms with Crippen molar-refractivity contribution in [3.05, 3.63) is 24.3 Å². The van der Waals surface area contributed by atoms with Crippen LogP contribution in [0.2, 0.25) is 0 Å². The minimum absolute atomic E-state index is 0.0286. The number of methoxy groups -OCH3 is 1. The largest absolute Gasteiger partial charge is 0.495 e. The number of nitrogens with zero attached hydrogens (tertiary/aromatic N) is 2. The topological polar surface area (TPSA) is 42.0 Å². The van der Waals surface area contributed by atoms with E-state index in [1.165, 1.54) is 19.3 Å². The maximum Gasteiger partial charge on any atom is 0.307 e. The van der Waals surface area contributed by atoms with Gasteiger partial charge in [-0.25, -0.2) is 0 Å². The van der Waals surface area contributed by atoms with Crippen LogP contribution in [0, 0.1) is 0 Å². The van der Waals surface area contributed by atoms with Gasteiger partial charge in [-0.3, -0.25) is 9.69 Å². The Balaban J connectivity index is 1.39. The van der Waals surface area contributed by atoms with E-state index in [4.69, 9.17) is 9.47 Å². The smallest absolute Gasteiger partial charge is 0.307 e. The summed E-state index contributed by atoms with van der Waals surface area (Å²) < 4.78 is 11.1. The molecule has 0 spiro atoms. The van der Waals surface area contributed by atoms with E-state index >= 15 is 0 Å². The maximum atomic E-state index is 12.0. The van der Waals surface area contributed by atoms with Gasteiger partial charge in [-0.05, 0) is 37.8 Å².